The minimum Gasteiger partial charge on any atom is -0.480 e. The van der Waals surface area contributed by atoms with Crippen LogP contribution >= 0.6 is 0 Å². The van der Waals surface area contributed by atoms with Crippen molar-refractivity contribution in [2.45, 2.75) is 12.5 Å². The number of aliphatic imine (C=N–C) groups is 1. The van der Waals surface area contributed by atoms with E-state index in [1.165, 1.54) is 0 Å². The molecule has 0 radical (unpaired) electrons. The molecular formula is C12H11FN2O2. The number of rotatable bonds is 4. The molecule has 2 N–H and O–H groups in total. The summed E-state index contributed by atoms with van der Waals surface area (Å²) in [6.45, 7) is 0.0353. The Labute approximate surface area is 96.8 Å². The highest BCUT2D eigenvalue weighted by Gasteiger charge is 2.17. The van der Waals surface area contributed by atoms with Crippen LogP contribution in [0.1, 0.15) is 5.56 Å². The van der Waals surface area contributed by atoms with Gasteiger partial charge in [0.2, 0.25) is 0 Å². The molecule has 0 aliphatic rings. The molecule has 1 atom stereocenters. The SMILES string of the molecule is O=C(O)[C@H](Cc1c[nH]c2ccccc12)N=CF. The van der Waals surface area contributed by atoms with Crippen molar-refractivity contribution < 1.29 is 14.3 Å². The maximum absolute atomic E-state index is 12.0. The van der Waals surface area contributed by atoms with Crippen LogP contribution in [0.4, 0.5) is 4.39 Å². The van der Waals surface area contributed by atoms with Crippen LogP contribution in [0.2, 0.25) is 0 Å². The molecule has 0 saturated carbocycles. The van der Waals surface area contributed by atoms with Gasteiger partial charge in [0.1, 0.15) is 0 Å². The van der Waals surface area contributed by atoms with E-state index >= 15 is 0 Å². The van der Waals surface area contributed by atoms with Crippen molar-refractivity contribution in [3.8, 4) is 0 Å². The summed E-state index contributed by atoms with van der Waals surface area (Å²) in [6.07, 6.45) is 1.90. The lowest BCUT2D eigenvalue weighted by Crippen LogP contribution is -2.20. The Morgan fingerprint density at radius 3 is 3.00 bits per heavy atom. The lowest BCUT2D eigenvalue weighted by atomic mass is 10.1. The molecule has 2 aromatic rings. The van der Waals surface area contributed by atoms with Gasteiger partial charge in [-0.2, -0.15) is 4.39 Å². The van der Waals surface area contributed by atoms with Crippen LogP contribution < -0.4 is 0 Å². The molecule has 2 rings (SSSR count). The smallest absolute Gasteiger partial charge is 0.328 e. The van der Waals surface area contributed by atoms with Crippen molar-refractivity contribution in [1.29, 1.82) is 0 Å². The molecule has 5 heteroatoms. The third kappa shape index (κ3) is 2.33. The number of nitrogens with zero attached hydrogens (tertiary/aromatic N) is 1. The first-order chi connectivity index (χ1) is 8.22. The van der Waals surface area contributed by atoms with Gasteiger partial charge < -0.3 is 10.1 Å². The molecule has 1 aromatic heterocycles. The van der Waals surface area contributed by atoms with Crippen molar-refractivity contribution in [3.63, 3.8) is 0 Å². The summed E-state index contributed by atoms with van der Waals surface area (Å²) < 4.78 is 12.0. The number of carbonyl (C=O) groups is 1. The number of benzene rings is 1. The standard InChI is InChI=1S/C12H11FN2O2/c13-7-15-11(12(16)17)5-8-6-14-10-4-2-1-3-9(8)10/h1-4,6-7,11,14H,5H2,(H,16,17)/t11-/m0/s1. The van der Waals surface area contributed by atoms with Gasteiger partial charge >= 0.3 is 5.97 Å². The number of aromatic amines is 1. The minimum absolute atomic E-state index is 0.0353. The van der Waals surface area contributed by atoms with Gasteiger partial charge in [0.25, 0.3) is 0 Å². The van der Waals surface area contributed by atoms with E-state index in [1.54, 1.807) is 6.20 Å². The summed E-state index contributed by atoms with van der Waals surface area (Å²) in [6, 6.07) is 6.45. The van der Waals surface area contributed by atoms with E-state index < -0.39 is 12.0 Å². The molecule has 0 unspecified atom stereocenters. The fraction of sp³-hybridized carbons (Fsp3) is 0.167. The number of carboxylic acids is 1. The molecule has 1 aromatic carbocycles. The number of hydrogen-bond donors (Lipinski definition) is 2. The van der Waals surface area contributed by atoms with Gasteiger partial charge in [0, 0.05) is 23.5 Å². The average molecular weight is 234 g/mol. The van der Waals surface area contributed by atoms with E-state index in [9.17, 15) is 9.18 Å². The lowest BCUT2D eigenvalue weighted by molar-refractivity contribution is -0.138. The van der Waals surface area contributed by atoms with Crippen molar-refractivity contribution >= 4 is 23.3 Å². The van der Waals surface area contributed by atoms with Crippen molar-refractivity contribution in [1.82, 2.24) is 4.98 Å². The fourth-order valence-electron chi connectivity index (χ4n) is 1.78. The highest BCUT2D eigenvalue weighted by molar-refractivity contribution is 5.84. The predicted octanol–water partition coefficient (Wildman–Crippen LogP) is 2.16. The Kier molecular flexibility index (Phi) is 3.18. The monoisotopic (exact) mass is 234 g/mol. The summed E-state index contributed by atoms with van der Waals surface area (Å²) in [5, 5.41) is 9.82. The topological polar surface area (TPSA) is 65.4 Å². The summed E-state index contributed by atoms with van der Waals surface area (Å²) in [5.74, 6) is -1.14. The Balaban J connectivity index is 2.31. The lowest BCUT2D eigenvalue weighted by Gasteiger charge is -2.05. The van der Waals surface area contributed by atoms with Crippen LogP contribution in [0.5, 0.6) is 0 Å². The average Bonchev–Trinajstić information content (AvgIpc) is 2.72. The molecule has 17 heavy (non-hydrogen) atoms. The van der Waals surface area contributed by atoms with Crippen LogP contribution in [0.3, 0.4) is 0 Å². The fourth-order valence-corrected chi connectivity index (χ4v) is 1.78. The maximum Gasteiger partial charge on any atom is 0.328 e. The molecule has 1 heterocycles. The second kappa shape index (κ2) is 4.78. The first-order valence-electron chi connectivity index (χ1n) is 5.12. The van der Waals surface area contributed by atoms with Gasteiger partial charge in [-0.05, 0) is 11.6 Å². The van der Waals surface area contributed by atoms with Crippen molar-refractivity contribution in [2.24, 2.45) is 4.99 Å². The molecule has 4 nitrogen and oxygen atoms in total. The number of aromatic nitrogens is 1. The highest BCUT2D eigenvalue weighted by Crippen LogP contribution is 2.19. The summed E-state index contributed by atoms with van der Waals surface area (Å²) in [7, 11) is 0. The molecule has 0 bridgehead atoms. The molecule has 0 aliphatic carbocycles. The van der Waals surface area contributed by atoms with Gasteiger partial charge in [0.15, 0.2) is 12.5 Å². The van der Waals surface area contributed by atoms with Gasteiger partial charge in [-0.15, -0.1) is 0 Å². The number of aliphatic carboxylic acids is 1. The maximum atomic E-state index is 12.0. The van der Waals surface area contributed by atoms with Gasteiger partial charge in [-0.1, -0.05) is 18.2 Å². The Bertz CT molecular complexity index is 562. The number of halogens is 1. The van der Waals surface area contributed by atoms with E-state index in [-0.39, 0.29) is 12.9 Å². The molecular weight excluding hydrogens is 223 g/mol. The Hall–Kier alpha value is -2.17. The highest BCUT2D eigenvalue weighted by atomic mass is 19.1. The third-order valence-electron chi connectivity index (χ3n) is 2.61. The number of fused-ring (bicyclic) bond motifs is 1. The Morgan fingerprint density at radius 2 is 2.29 bits per heavy atom. The summed E-state index contributed by atoms with van der Waals surface area (Å²) >= 11 is 0. The Morgan fingerprint density at radius 1 is 1.53 bits per heavy atom. The predicted molar refractivity (Wildman–Crippen MR) is 63.0 cm³/mol. The van der Waals surface area contributed by atoms with E-state index in [0.717, 1.165) is 16.5 Å². The van der Waals surface area contributed by atoms with Crippen LogP contribution in [0, 0.1) is 0 Å². The van der Waals surface area contributed by atoms with Gasteiger partial charge in [-0.3, -0.25) is 0 Å². The van der Waals surface area contributed by atoms with E-state index in [4.69, 9.17) is 5.11 Å². The van der Waals surface area contributed by atoms with Gasteiger partial charge in [-0.25, -0.2) is 9.79 Å². The quantitative estimate of drug-likeness (QED) is 0.796. The molecule has 0 fully saturated rings. The number of H-pyrrole nitrogens is 1. The largest absolute Gasteiger partial charge is 0.480 e. The zero-order valence-electron chi connectivity index (χ0n) is 8.93. The summed E-state index contributed by atoms with van der Waals surface area (Å²) in [5.41, 5.74) is 1.74. The third-order valence-corrected chi connectivity index (χ3v) is 2.61. The van der Waals surface area contributed by atoms with E-state index in [2.05, 4.69) is 9.98 Å². The van der Waals surface area contributed by atoms with E-state index in [0.29, 0.717) is 0 Å². The zero-order valence-corrected chi connectivity index (χ0v) is 8.93. The van der Waals surface area contributed by atoms with Crippen LogP contribution in [0.25, 0.3) is 10.9 Å². The molecule has 0 spiro atoms. The van der Waals surface area contributed by atoms with Crippen molar-refractivity contribution in [3.05, 3.63) is 36.0 Å². The first kappa shape index (κ1) is 11.3. The second-order valence-corrected chi connectivity index (χ2v) is 3.66. The minimum atomic E-state index is -1.14. The molecule has 0 saturated heterocycles. The van der Waals surface area contributed by atoms with Gasteiger partial charge in [0.05, 0.1) is 0 Å². The van der Waals surface area contributed by atoms with Crippen molar-refractivity contribution in [2.75, 3.05) is 0 Å². The zero-order chi connectivity index (χ0) is 12.3. The van der Waals surface area contributed by atoms with Crippen LogP contribution in [-0.4, -0.2) is 28.6 Å². The van der Waals surface area contributed by atoms with E-state index in [1.807, 2.05) is 24.3 Å². The van der Waals surface area contributed by atoms with Crippen LogP contribution in [-0.2, 0) is 11.2 Å². The number of nitrogens with one attached hydrogen (secondary N) is 1. The normalized spacial score (nSPS) is 13.2. The molecule has 0 amide bonds. The summed E-state index contributed by atoms with van der Waals surface area (Å²) in [4.78, 5) is 17.2. The first-order valence-corrected chi connectivity index (χ1v) is 5.12. The number of hydrogen-bond acceptors (Lipinski definition) is 2. The second-order valence-electron chi connectivity index (χ2n) is 3.66. The number of para-hydroxylation sites is 1. The molecule has 88 valence electrons. The molecule has 0 aliphatic heterocycles. The van der Waals surface area contributed by atoms with Crippen LogP contribution in [0.15, 0.2) is 35.5 Å². The number of carboxylic acid groups (broad SMARTS) is 1.